The summed E-state index contributed by atoms with van der Waals surface area (Å²) in [7, 11) is 2.16. The van der Waals surface area contributed by atoms with Crippen LogP contribution in [0, 0.1) is 0 Å². The number of halogens is 9. The highest BCUT2D eigenvalue weighted by molar-refractivity contribution is 5.73. The molecule has 1 aliphatic rings. The van der Waals surface area contributed by atoms with Crippen LogP contribution in [0.1, 0.15) is 36.8 Å². The summed E-state index contributed by atoms with van der Waals surface area (Å²) in [6.07, 6.45) is -10.7. The third kappa shape index (κ3) is 13.9. The maximum absolute atomic E-state index is 10.6. The minimum absolute atomic E-state index is 0.381. The SMILES string of the molecule is CC(C)n1nc(CNc2ncccn2)c2c1CN(C)CC2.O=C(O)C(F)(F)F.O=C(O)C(F)(F)F.O=C(O)C(F)(F)F. The van der Waals surface area contributed by atoms with Crippen LogP contribution in [0.15, 0.2) is 18.5 Å². The van der Waals surface area contributed by atoms with E-state index in [1.165, 1.54) is 11.3 Å². The van der Waals surface area contributed by atoms with E-state index in [9.17, 15) is 39.5 Å². The summed E-state index contributed by atoms with van der Waals surface area (Å²) < 4.78 is 97.4. The number of alkyl halides is 9. The molecule has 2 aromatic rings. The highest BCUT2D eigenvalue weighted by Gasteiger charge is 2.39. The molecular formula is C21H25F9N6O6. The van der Waals surface area contributed by atoms with Crippen molar-refractivity contribution in [1.29, 1.82) is 0 Å². The van der Waals surface area contributed by atoms with Crippen LogP contribution >= 0.6 is 0 Å². The number of aromatic nitrogens is 4. The second kappa shape index (κ2) is 15.7. The summed E-state index contributed by atoms with van der Waals surface area (Å²) in [6, 6.07) is 2.20. The molecule has 21 heteroatoms. The maximum atomic E-state index is 10.6. The van der Waals surface area contributed by atoms with Gasteiger partial charge in [0.15, 0.2) is 0 Å². The van der Waals surface area contributed by atoms with Crippen LogP contribution in [-0.4, -0.2) is 90.0 Å². The maximum Gasteiger partial charge on any atom is 0.490 e. The van der Waals surface area contributed by atoms with Crippen molar-refractivity contribution < 1.29 is 69.2 Å². The van der Waals surface area contributed by atoms with Crippen LogP contribution in [-0.2, 0) is 33.9 Å². The number of aliphatic carboxylic acids is 3. The predicted molar refractivity (Wildman–Crippen MR) is 123 cm³/mol. The van der Waals surface area contributed by atoms with Crippen molar-refractivity contribution in [2.24, 2.45) is 0 Å². The van der Waals surface area contributed by atoms with Gasteiger partial charge in [0.1, 0.15) is 0 Å². The quantitative estimate of drug-likeness (QED) is 0.364. The average Bonchev–Trinajstić information content (AvgIpc) is 3.20. The molecule has 3 heterocycles. The first kappa shape index (κ1) is 37.8. The van der Waals surface area contributed by atoms with Gasteiger partial charge in [-0.15, -0.1) is 0 Å². The second-order valence-electron chi connectivity index (χ2n) is 8.23. The topological polar surface area (TPSA) is 171 Å². The number of nitrogens with one attached hydrogen (secondary N) is 1. The van der Waals surface area contributed by atoms with E-state index in [2.05, 4.69) is 45.8 Å². The Balaban J connectivity index is 0.000000660. The van der Waals surface area contributed by atoms with Crippen LogP contribution in [0.2, 0.25) is 0 Å². The molecule has 0 bridgehead atoms. The van der Waals surface area contributed by atoms with Gasteiger partial charge in [-0.3, -0.25) is 4.68 Å². The van der Waals surface area contributed by atoms with E-state index in [1.54, 1.807) is 12.4 Å². The number of carboxylic acid groups (broad SMARTS) is 3. The highest BCUT2D eigenvalue weighted by Crippen LogP contribution is 2.25. The molecule has 12 nitrogen and oxygen atoms in total. The summed E-state index contributed by atoms with van der Waals surface area (Å²) in [4.78, 5) is 37.4. The fourth-order valence-electron chi connectivity index (χ4n) is 2.77. The van der Waals surface area contributed by atoms with Crippen LogP contribution in [0.4, 0.5) is 45.5 Å². The van der Waals surface area contributed by atoms with Gasteiger partial charge in [0.2, 0.25) is 5.95 Å². The van der Waals surface area contributed by atoms with E-state index >= 15 is 0 Å². The van der Waals surface area contributed by atoms with E-state index in [0.717, 1.165) is 25.2 Å². The number of nitrogens with zero attached hydrogens (tertiary/aromatic N) is 5. The Morgan fingerprint density at radius 2 is 1.29 bits per heavy atom. The lowest BCUT2D eigenvalue weighted by Crippen LogP contribution is -2.28. The highest BCUT2D eigenvalue weighted by atomic mass is 19.4. The molecule has 0 radical (unpaired) electrons. The summed E-state index contributed by atoms with van der Waals surface area (Å²) in [5.41, 5.74) is 3.87. The van der Waals surface area contributed by atoms with Crippen molar-refractivity contribution in [2.75, 3.05) is 18.9 Å². The number of hydrogen-bond donors (Lipinski definition) is 4. The largest absolute Gasteiger partial charge is 0.490 e. The van der Waals surface area contributed by atoms with E-state index in [-0.39, 0.29) is 0 Å². The molecule has 0 aromatic carbocycles. The zero-order valence-corrected chi connectivity index (χ0v) is 21.8. The molecule has 42 heavy (non-hydrogen) atoms. The second-order valence-corrected chi connectivity index (χ2v) is 8.23. The molecule has 3 rings (SSSR count). The van der Waals surface area contributed by atoms with Gasteiger partial charge in [-0.2, -0.15) is 44.6 Å². The Labute approximate surface area is 230 Å². The monoisotopic (exact) mass is 628 g/mol. The number of likely N-dealkylation sites (N-methyl/N-ethyl adjacent to an activating group) is 1. The summed E-state index contributed by atoms with van der Waals surface area (Å²) >= 11 is 0. The number of carboxylic acids is 3. The third-order valence-corrected chi connectivity index (χ3v) is 4.56. The molecule has 0 spiro atoms. The average molecular weight is 628 g/mol. The molecule has 238 valence electrons. The molecule has 0 atom stereocenters. The fraction of sp³-hybridized carbons (Fsp3) is 0.524. The van der Waals surface area contributed by atoms with Gasteiger partial charge in [0.05, 0.1) is 17.9 Å². The third-order valence-electron chi connectivity index (χ3n) is 4.56. The molecule has 0 aliphatic carbocycles. The predicted octanol–water partition coefficient (Wildman–Crippen LogP) is 3.75. The molecule has 0 saturated heterocycles. The Bertz CT molecular complexity index is 1110. The number of fused-ring (bicyclic) bond motifs is 1. The first-order valence-corrected chi connectivity index (χ1v) is 11.2. The number of rotatable bonds is 4. The summed E-state index contributed by atoms with van der Waals surface area (Å²) in [5.74, 6) is -7.62. The molecule has 0 unspecified atom stereocenters. The zero-order valence-electron chi connectivity index (χ0n) is 21.8. The minimum atomic E-state index is -5.08. The van der Waals surface area contributed by atoms with Crippen LogP contribution in [0.25, 0.3) is 0 Å². The van der Waals surface area contributed by atoms with Crippen molar-refractivity contribution in [1.82, 2.24) is 24.6 Å². The first-order valence-electron chi connectivity index (χ1n) is 11.2. The zero-order chi connectivity index (χ0) is 33.1. The van der Waals surface area contributed by atoms with Crippen LogP contribution < -0.4 is 5.32 Å². The number of anilines is 1. The molecule has 2 aromatic heterocycles. The normalized spacial score (nSPS) is 13.3. The Hall–Kier alpha value is -4.17. The fourth-order valence-corrected chi connectivity index (χ4v) is 2.77. The van der Waals surface area contributed by atoms with Crippen LogP contribution in [0.3, 0.4) is 0 Å². The van der Waals surface area contributed by atoms with Gasteiger partial charge in [0, 0.05) is 37.1 Å². The van der Waals surface area contributed by atoms with Crippen molar-refractivity contribution in [2.45, 2.75) is 57.9 Å². The van der Waals surface area contributed by atoms with Gasteiger partial charge < -0.3 is 25.5 Å². The molecular weight excluding hydrogens is 603 g/mol. The van der Waals surface area contributed by atoms with Gasteiger partial charge in [-0.05, 0) is 33.4 Å². The van der Waals surface area contributed by atoms with Crippen molar-refractivity contribution >= 4 is 23.9 Å². The summed E-state index contributed by atoms with van der Waals surface area (Å²) in [5, 5.41) is 29.5. The lowest BCUT2D eigenvalue weighted by molar-refractivity contribution is -0.193. The number of carbonyl (C=O) groups is 3. The van der Waals surface area contributed by atoms with Crippen molar-refractivity contribution in [3.63, 3.8) is 0 Å². The van der Waals surface area contributed by atoms with E-state index < -0.39 is 36.4 Å². The molecule has 0 saturated carbocycles. The Morgan fingerprint density at radius 1 is 0.881 bits per heavy atom. The van der Waals surface area contributed by atoms with Gasteiger partial charge in [0.25, 0.3) is 0 Å². The first-order chi connectivity index (χ1) is 19.0. The van der Waals surface area contributed by atoms with Gasteiger partial charge in [-0.25, -0.2) is 24.4 Å². The standard InChI is InChI=1S/C15H22N6.3C2HF3O2/c1-11(2)21-14-10-20(3)8-5-12(14)13(19-21)9-18-15-16-6-4-7-17-15;3*3-2(4,5)1(6)7/h4,6-7,11H,5,8-10H2,1-3H3,(H,16,17,18);3*(H,6,7). The van der Waals surface area contributed by atoms with Crippen molar-refractivity contribution in [3.8, 4) is 0 Å². The molecule has 0 amide bonds. The molecule has 4 N–H and O–H groups in total. The molecule has 1 aliphatic heterocycles. The summed E-state index contributed by atoms with van der Waals surface area (Å²) in [6.45, 7) is 7.10. The van der Waals surface area contributed by atoms with Gasteiger partial charge in [-0.1, -0.05) is 0 Å². The van der Waals surface area contributed by atoms with Crippen LogP contribution in [0.5, 0.6) is 0 Å². The number of hydrogen-bond acceptors (Lipinski definition) is 8. The minimum Gasteiger partial charge on any atom is -0.475 e. The Morgan fingerprint density at radius 3 is 1.64 bits per heavy atom. The van der Waals surface area contributed by atoms with Gasteiger partial charge >= 0.3 is 36.4 Å². The van der Waals surface area contributed by atoms with E-state index in [0.29, 0.717) is 18.5 Å². The van der Waals surface area contributed by atoms with E-state index in [1.807, 2.05) is 6.07 Å². The van der Waals surface area contributed by atoms with Crippen molar-refractivity contribution in [3.05, 3.63) is 35.4 Å². The molecule has 0 fully saturated rings. The lowest BCUT2D eigenvalue weighted by atomic mass is 10.0. The van der Waals surface area contributed by atoms with E-state index in [4.69, 9.17) is 34.8 Å². The smallest absolute Gasteiger partial charge is 0.475 e. The lowest BCUT2D eigenvalue weighted by Gasteiger charge is -2.24. The Kier molecular flexibility index (Phi) is 14.2.